The van der Waals surface area contributed by atoms with Crippen molar-refractivity contribution in [2.45, 2.75) is 53.9 Å². The van der Waals surface area contributed by atoms with Crippen LogP contribution in [0.2, 0.25) is 0 Å². The number of rotatable bonds is 20. The van der Waals surface area contributed by atoms with Gasteiger partial charge in [0.25, 0.3) is 20.2 Å². The van der Waals surface area contributed by atoms with Gasteiger partial charge in [-0.25, -0.2) is 17.6 Å². The Labute approximate surface area is 597 Å². The Hall–Kier alpha value is -8.04. The minimum atomic E-state index is -5.06. The van der Waals surface area contributed by atoms with Gasteiger partial charge >= 0.3 is 37.7 Å². The molecule has 0 fully saturated rings. The summed E-state index contributed by atoms with van der Waals surface area (Å²) < 4.78 is 138. The van der Waals surface area contributed by atoms with Gasteiger partial charge in [-0.1, -0.05) is 146 Å². The molecule has 0 amide bonds. The van der Waals surface area contributed by atoms with Gasteiger partial charge in [0.15, 0.2) is 36.1 Å². The van der Waals surface area contributed by atoms with E-state index in [9.17, 15) is 62.2 Å². The average Bonchev–Trinajstić information content (AvgIpc) is 0.774. The molecule has 6 N–H and O–H groups in total. The third-order valence-corrected chi connectivity index (χ3v) is 19.8. The van der Waals surface area contributed by atoms with E-state index in [-0.39, 0.29) is 48.9 Å². The van der Waals surface area contributed by atoms with Gasteiger partial charge in [-0.05, 0) is 145 Å². The second-order valence-electron chi connectivity index (χ2n) is 22.5. The van der Waals surface area contributed by atoms with Crippen molar-refractivity contribution in [2.75, 3.05) is 36.0 Å². The average molecular weight is 1410 g/mol. The van der Waals surface area contributed by atoms with Gasteiger partial charge in [-0.3, -0.25) is 36.9 Å². The summed E-state index contributed by atoms with van der Waals surface area (Å²) in [5.41, 5.74) is 10.7. The summed E-state index contributed by atoms with van der Waals surface area (Å²) in [6.45, 7) is 13.8. The summed E-state index contributed by atoms with van der Waals surface area (Å²) in [7, 11) is -19.7. The number of allylic oxidation sites excluding steroid dienone is 20. The third-order valence-electron chi connectivity index (χ3n) is 16.2. The first-order valence-electron chi connectivity index (χ1n) is 30.7. The Morgan fingerprint density at radius 2 is 0.670 bits per heavy atom. The topological polar surface area (TPSA) is 270 Å². The normalized spacial score (nSPS) is 14.8. The van der Waals surface area contributed by atoms with E-state index in [1.165, 1.54) is 0 Å². The summed E-state index contributed by atoms with van der Waals surface area (Å²) in [6.07, 6.45) is 17.7. The fourth-order valence-electron chi connectivity index (χ4n) is 11.4. The molecule has 0 aromatic heterocycles. The standard InChI is InChI=1S/2C37H36N2O7S2.Ca/c2*1-3-38(25-27-11-7-5-8-12-27)31-19-15-29(16-20-31)37(33-23-34(40)36(48(44,45)46)24-35(33)47(41,42)43)30-17-21-32(22-18-30)39(4-2)26-28-13-9-6-10-14-28;/h2*5-24H,3-4,25-26H2,1-2H3,(H2-,40,41,42,43,44,45,46);/q;;+2/p+2. The summed E-state index contributed by atoms with van der Waals surface area (Å²) in [6, 6.07) is 54.9. The summed E-state index contributed by atoms with van der Waals surface area (Å²) in [5.74, 6) is -2.18. The van der Waals surface area contributed by atoms with Crippen molar-refractivity contribution in [3.63, 3.8) is 0 Å². The molecule has 0 bridgehead atoms. The number of carbonyl (C=O) groups is 2. The van der Waals surface area contributed by atoms with Crippen LogP contribution in [-0.4, -0.2) is 158 Å². The number of nitrogens with zero attached hydrogens (tertiary/aromatic N) is 4. The molecule has 4 aliphatic carbocycles. The van der Waals surface area contributed by atoms with Crippen molar-refractivity contribution in [3.8, 4) is 0 Å². The van der Waals surface area contributed by atoms with Crippen LogP contribution in [0, 0.1) is 0 Å². The zero-order valence-corrected chi connectivity index (χ0v) is 59.3. The van der Waals surface area contributed by atoms with Crippen molar-refractivity contribution >= 4 is 133 Å². The Morgan fingerprint density at radius 1 is 0.381 bits per heavy atom. The number of hydrogen-bond donors (Lipinski definition) is 6. The van der Waals surface area contributed by atoms with Crippen molar-refractivity contribution in [3.05, 3.63) is 308 Å². The van der Waals surface area contributed by atoms with E-state index in [1.54, 1.807) is 0 Å². The molecule has 4 aliphatic rings. The van der Waals surface area contributed by atoms with E-state index in [0.29, 0.717) is 71.8 Å². The van der Waals surface area contributed by atoms with Crippen LogP contribution in [0.4, 0.5) is 11.4 Å². The fourth-order valence-corrected chi connectivity index (χ4v) is 14.1. The molecule has 0 saturated heterocycles. The fraction of sp³-hybridized carbons (Fsp3) is 0.162. The molecule has 6 aromatic rings. The van der Waals surface area contributed by atoms with Gasteiger partial charge in [-0.2, -0.15) is 16.8 Å². The van der Waals surface area contributed by atoms with Crippen molar-refractivity contribution in [1.29, 1.82) is 0 Å². The molecule has 0 heterocycles. The van der Waals surface area contributed by atoms with Gasteiger partial charge in [0.2, 0.25) is 20.2 Å². The SMILES string of the molecule is CCN(Cc1ccccc1)c1ccc(C(C2=CC(=O)C(S(=O)(=O)O)=CC2=S(=O)(O)O)=C2C=CC(=[N+](CC)Cc3ccccc3)C=C2)cc1.CCN(Cc1ccccc1)c1ccc(C(C2=CC(=O)C(S(=O)(=O)O)=CC2=S(=O)(O)O)=C2C=CC(=[N+](CC)Cc3ccccc3)C=C2)cc1.[Ca+2]. The summed E-state index contributed by atoms with van der Waals surface area (Å²) in [4.78, 5) is 26.8. The zero-order chi connectivity index (χ0) is 69.0. The smallest absolute Gasteiger partial charge is 0.367 e. The molecular weight excluding hydrogens is 1340 g/mol. The molecule has 97 heavy (non-hydrogen) atoms. The van der Waals surface area contributed by atoms with Gasteiger partial charge in [0, 0.05) is 84.1 Å². The van der Waals surface area contributed by atoms with Crippen LogP contribution >= 0.6 is 0 Å². The number of anilines is 2. The van der Waals surface area contributed by atoms with Crippen LogP contribution in [0.15, 0.2) is 275 Å². The van der Waals surface area contributed by atoms with Crippen LogP contribution in [0.5, 0.6) is 0 Å². The van der Waals surface area contributed by atoms with Crippen LogP contribution in [0.25, 0.3) is 11.1 Å². The molecule has 0 unspecified atom stereocenters. The van der Waals surface area contributed by atoms with Crippen LogP contribution < -0.4 is 9.80 Å². The Kier molecular flexibility index (Phi) is 25.4. The van der Waals surface area contributed by atoms with E-state index >= 15 is 0 Å². The Balaban J connectivity index is 0.000000245. The van der Waals surface area contributed by atoms with Crippen molar-refractivity contribution < 1.29 is 71.3 Å². The van der Waals surface area contributed by atoms with E-state index in [1.807, 2.05) is 246 Å². The van der Waals surface area contributed by atoms with E-state index in [4.69, 9.17) is 0 Å². The molecule has 0 aliphatic heterocycles. The van der Waals surface area contributed by atoms with Gasteiger partial charge < -0.3 is 9.80 Å². The molecule has 0 saturated carbocycles. The van der Waals surface area contributed by atoms with E-state index in [2.05, 4.69) is 19.0 Å². The van der Waals surface area contributed by atoms with Gasteiger partial charge in [0.1, 0.15) is 22.9 Å². The monoisotopic (exact) mass is 1410 g/mol. The molecule has 23 heteroatoms. The zero-order valence-electron chi connectivity index (χ0n) is 53.8. The van der Waals surface area contributed by atoms with E-state index < -0.39 is 71.5 Å². The minimum absolute atomic E-state index is 0. The van der Waals surface area contributed by atoms with Gasteiger partial charge in [0.05, 0.1) is 9.73 Å². The van der Waals surface area contributed by atoms with Crippen molar-refractivity contribution in [1.82, 2.24) is 0 Å². The molecular formula is C74H74CaN4O14S4+4. The number of ketones is 2. The maximum Gasteiger partial charge on any atom is 2.00 e. The van der Waals surface area contributed by atoms with Crippen LogP contribution in [0.3, 0.4) is 0 Å². The Morgan fingerprint density at radius 3 is 0.928 bits per heavy atom. The maximum atomic E-state index is 13.0. The molecule has 496 valence electrons. The van der Waals surface area contributed by atoms with Crippen LogP contribution in [-0.2, 0) is 76.2 Å². The molecule has 6 aromatic carbocycles. The predicted molar refractivity (Wildman–Crippen MR) is 390 cm³/mol. The Bertz CT molecular complexity index is 4540. The molecule has 0 radical (unpaired) electrons. The van der Waals surface area contributed by atoms with Gasteiger partial charge in [-0.15, -0.1) is 0 Å². The second-order valence-corrected chi connectivity index (χ2v) is 28.1. The van der Waals surface area contributed by atoms with Crippen LogP contribution in [0.1, 0.15) is 61.1 Å². The first-order valence-corrected chi connectivity index (χ1v) is 36.5. The predicted octanol–water partition coefficient (Wildman–Crippen LogP) is 11.5. The first kappa shape index (κ1) is 74.7. The number of benzene rings is 6. The largest absolute Gasteiger partial charge is 2.00 e. The first-order chi connectivity index (χ1) is 45.8. The molecule has 18 nitrogen and oxygen atoms in total. The summed E-state index contributed by atoms with van der Waals surface area (Å²) >= 11 is 0. The minimum Gasteiger partial charge on any atom is -0.367 e. The third kappa shape index (κ3) is 19.2. The molecule has 10 rings (SSSR count). The van der Waals surface area contributed by atoms with Crippen molar-refractivity contribution in [2.24, 2.45) is 0 Å². The van der Waals surface area contributed by atoms with E-state index in [0.717, 1.165) is 83.4 Å². The summed E-state index contributed by atoms with van der Waals surface area (Å²) in [5, 5.41) is 0. The maximum absolute atomic E-state index is 13.0. The molecule has 0 spiro atoms. The quantitative estimate of drug-likeness (QED) is 0.0179. The molecule has 0 atom stereocenters. The second kappa shape index (κ2) is 33.0. The number of hydrogen-bond acceptors (Lipinski definition) is 10. The number of carbonyl (C=O) groups excluding carboxylic acids is 2.